The van der Waals surface area contributed by atoms with E-state index in [9.17, 15) is 8.78 Å². The quantitative estimate of drug-likeness (QED) is 0.498. The lowest BCUT2D eigenvalue weighted by molar-refractivity contribution is 0.0498. The van der Waals surface area contributed by atoms with Gasteiger partial charge in [-0.15, -0.1) is 0 Å². The van der Waals surface area contributed by atoms with Crippen LogP contribution in [0.15, 0.2) is 12.3 Å². The third-order valence-corrected chi connectivity index (χ3v) is 3.89. The number of hydrogen-bond acceptors (Lipinski definition) is 3. The van der Waals surface area contributed by atoms with Gasteiger partial charge in [0.2, 0.25) is 0 Å². The number of alkyl halides is 3. The number of hydrogen-bond donors (Lipinski definition) is 2. The second-order valence-corrected chi connectivity index (χ2v) is 5.55. The molecule has 1 fully saturated rings. The van der Waals surface area contributed by atoms with Crippen molar-refractivity contribution in [2.24, 2.45) is 5.84 Å². The average molecular weight is 293 g/mol. The minimum absolute atomic E-state index is 0.00667. The molecular weight excluding hydrogens is 274 g/mol. The molecule has 7 heteroatoms. The van der Waals surface area contributed by atoms with Crippen LogP contribution in [0.2, 0.25) is 0 Å². The Bertz CT molecular complexity index is 399. The van der Waals surface area contributed by atoms with E-state index >= 15 is 0 Å². The van der Waals surface area contributed by atoms with Crippen molar-refractivity contribution in [1.29, 1.82) is 0 Å². The van der Waals surface area contributed by atoms with Gasteiger partial charge in [-0.1, -0.05) is 19.3 Å². The Morgan fingerprint density at radius 2 is 2.16 bits per heavy atom. The summed E-state index contributed by atoms with van der Waals surface area (Å²) in [5.41, 5.74) is 2.63. The maximum atomic E-state index is 13.0. The van der Waals surface area contributed by atoms with E-state index in [0.717, 1.165) is 12.8 Å². The molecule has 0 radical (unpaired) electrons. The second kappa shape index (κ2) is 6.15. The van der Waals surface area contributed by atoms with Gasteiger partial charge in [0, 0.05) is 12.6 Å². The molecule has 0 aromatic carbocycles. The van der Waals surface area contributed by atoms with Crippen LogP contribution < -0.4 is 11.3 Å². The van der Waals surface area contributed by atoms with E-state index < -0.39 is 11.4 Å². The summed E-state index contributed by atoms with van der Waals surface area (Å²) < 4.78 is 27.9. The van der Waals surface area contributed by atoms with Crippen LogP contribution in [-0.2, 0) is 6.42 Å². The van der Waals surface area contributed by atoms with Crippen molar-refractivity contribution < 1.29 is 8.78 Å². The summed E-state index contributed by atoms with van der Waals surface area (Å²) in [6, 6.07) is 0.828. The van der Waals surface area contributed by atoms with E-state index in [-0.39, 0.29) is 6.42 Å². The maximum absolute atomic E-state index is 13.0. The van der Waals surface area contributed by atoms with Crippen molar-refractivity contribution in [2.75, 3.05) is 0 Å². The van der Waals surface area contributed by atoms with E-state index in [2.05, 4.69) is 5.10 Å². The van der Waals surface area contributed by atoms with Gasteiger partial charge >= 0.3 is 5.38 Å². The highest BCUT2D eigenvalue weighted by Gasteiger charge is 2.36. The largest absolute Gasteiger partial charge is 0.338 e. The molecule has 0 saturated heterocycles. The average Bonchev–Trinajstić information content (AvgIpc) is 2.84. The van der Waals surface area contributed by atoms with E-state index in [1.165, 1.54) is 19.3 Å². The molecule has 1 saturated carbocycles. The number of nitrogens with one attached hydrogen (secondary N) is 1. The fourth-order valence-electron chi connectivity index (χ4n) is 2.51. The third kappa shape index (κ3) is 3.87. The minimum atomic E-state index is -3.39. The zero-order chi connectivity index (χ0) is 13.9. The van der Waals surface area contributed by atoms with Crippen molar-refractivity contribution in [2.45, 2.75) is 56.0 Å². The lowest BCUT2D eigenvalue weighted by atomic mass is 9.96. The Balaban J connectivity index is 2.00. The smallest absolute Gasteiger partial charge is 0.271 e. The standard InChI is InChI=1S/C12H19ClF2N4/c13-12(14,15)11(17-16)8-9-6-7-19(18-9)10-4-2-1-3-5-10/h6-7,10-11,17H,1-5,8,16H2. The third-order valence-electron chi connectivity index (χ3n) is 3.62. The van der Waals surface area contributed by atoms with E-state index in [0.29, 0.717) is 11.7 Å². The summed E-state index contributed by atoms with van der Waals surface area (Å²) >= 11 is 4.99. The van der Waals surface area contributed by atoms with Crippen LogP contribution in [0.25, 0.3) is 0 Å². The Labute approximate surface area is 116 Å². The lowest BCUT2D eigenvalue weighted by Crippen LogP contribution is -2.47. The fraction of sp³-hybridized carbons (Fsp3) is 0.750. The normalized spacial score (nSPS) is 19.6. The molecule has 3 N–H and O–H groups in total. The van der Waals surface area contributed by atoms with Crippen molar-refractivity contribution >= 4 is 11.6 Å². The molecule has 1 unspecified atom stereocenters. The van der Waals surface area contributed by atoms with Crippen molar-refractivity contribution in [1.82, 2.24) is 15.2 Å². The highest BCUT2D eigenvalue weighted by atomic mass is 35.5. The molecule has 2 rings (SSSR count). The van der Waals surface area contributed by atoms with Gasteiger partial charge in [0.1, 0.15) is 6.04 Å². The predicted octanol–water partition coefficient (Wildman–Crippen LogP) is 2.59. The lowest BCUT2D eigenvalue weighted by Gasteiger charge is -2.22. The molecule has 1 heterocycles. The van der Waals surface area contributed by atoms with Crippen LogP contribution in [0.1, 0.15) is 43.8 Å². The number of nitrogens with zero attached hydrogens (tertiary/aromatic N) is 2. The molecule has 1 aromatic rings. The van der Waals surface area contributed by atoms with Crippen LogP contribution in [-0.4, -0.2) is 21.2 Å². The number of rotatable bonds is 5. The van der Waals surface area contributed by atoms with Crippen LogP contribution in [0.3, 0.4) is 0 Å². The zero-order valence-corrected chi connectivity index (χ0v) is 11.4. The molecule has 1 aromatic heterocycles. The van der Waals surface area contributed by atoms with Gasteiger partial charge in [-0.25, -0.2) is 5.43 Å². The van der Waals surface area contributed by atoms with Crippen molar-refractivity contribution in [3.63, 3.8) is 0 Å². The second-order valence-electron chi connectivity index (χ2n) is 5.04. The zero-order valence-electron chi connectivity index (χ0n) is 10.7. The van der Waals surface area contributed by atoms with E-state index in [4.69, 9.17) is 17.4 Å². The maximum Gasteiger partial charge on any atom is 0.338 e. The first-order valence-corrected chi connectivity index (χ1v) is 6.95. The first kappa shape index (κ1) is 14.7. The highest BCUT2D eigenvalue weighted by Crippen LogP contribution is 2.28. The van der Waals surface area contributed by atoms with Gasteiger partial charge in [0.05, 0.1) is 11.7 Å². The molecule has 0 spiro atoms. The van der Waals surface area contributed by atoms with Gasteiger partial charge in [0.25, 0.3) is 0 Å². The first-order chi connectivity index (χ1) is 9.00. The monoisotopic (exact) mass is 292 g/mol. The van der Waals surface area contributed by atoms with E-state index in [1.54, 1.807) is 6.07 Å². The molecule has 108 valence electrons. The van der Waals surface area contributed by atoms with Crippen LogP contribution in [0.4, 0.5) is 8.78 Å². The molecule has 0 amide bonds. The first-order valence-electron chi connectivity index (χ1n) is 6.57. The number of aromatic nitrogens is 2. The molecule has 4 nitrogen and oxygen atoms in total. The molecule has 0 aliphatic heterocycles. The predicted molar refractivity (Wildman–Crippen MR) is 70.0 cm³/mol. The van der Waals surface area contributed by atoms with Crippen molar-refractivity contribution in [3.05, 3.63) is 18.0 Å². The van der Waals surface area contributed by atoms with Crippen molar-refractivity contribution in [3.8, 4) is 0 Å². The topological polar surface area (TPSA) is 55.9 Å². The summed E-state index contributed by atoms with van der Waals surface area (Å²) in [6.45, 7) is 0. The number of nitrogens with two attached hydrogens (primary N) is 1. The molecule has 1 atom stereocenters. The SMILES string of the molecule is NNC(Cc1ccn(C2CCCCC2)n1)C(F)(F)Cl. The van der Waals surface area contributed by atoms with Gasteiger partial charge in [-0.05, 0) is 30.5 Å². The van der Waals surface area contributed by atoms with Crippen LogP contribution >= 0.6 is 11.6 Å². The summed E-state index contributed by atoms with van der Waals surface area (Å²) in [7, 11) is 0. The Morgan fingerprint density at radius 1 is 1.47 bits per heavy atom. The number of hydrazine groups is 1. The summed E-state index contributed by atoms with van der Waals surface area (Å²) in [4.78, 5) is 0. The molecule has 19 heavy (non-hydrogen) atoms. The molecule has 1 aliphatic carbocycles. The Morgan fingerprint density at radius 3 is 2.74 bits per heavy atom. The van der Waals surface area contributed by atoms with Gasteiger partial charge in [0.15, 0.2) is 0 Å². The highest BCUT2D eigenvalue weighted by molar-refractivity contribution is 6.22. The summed E-state index contributed by atoms with van der Waals surface area (Å²) in [6.07, 6.45) is 7.73. The van der Waals surface area contributed by atoms with Gasteiger partial charge in [-0.3, -0.25) is 10.5 Å². The Kier molecular flexibility index (Phi) is 4.76. The summed E-state index contributed by atoms with van der Waals surface area (Å²) in [5.74, 6) is 5.11. The molecular formula is C12H19ClF2N4. The Hall–Kier alpha value is -0.720. The molecule has 0 bridgehead atoms. The molecule has 1 aliphatic rings. The van der Waals surface area contributed by atoms with E-state index in [1.807, 2.05) is 16.3 Å². The minimum Gasteiger partial charge on any atom is -0.271 e. The summed E-state index contributed by atoms with van der Waals surface area (Å²) in [5, 5.41) is 0.979. The van der Waals surface area contributed by atoms with Crippen LogP contribution in [0.5, 0.6) is 0 Å². The fourth-order valence-corrected chi connectivity index (χ4v) is 2.65. The van der Waals surface area contributed by atoms with Gasteiger partial charge < -0.3 is 0 Å². The van der Waals surface area contributed by atoms with Crippen LogP contribution in [0, 0.1) is 0 Å². The van der Waals surface area contributed by atoms with Gasteiger partial charge in [-0.2, -0.15) is 13.9 Å². The number of halogens is 3.